The largest absolute Gasteiger partial charge is 0.466 e. The van der Waals surface area contributed by atoms with Crippen molar-refractivity contribution in [2.45, 2.75) is 72.6 Å². The van der Waals surface area contributed by atoms with Crippen molar-refractivity contribution in [2.75, 3.05) is 13.2 Å². The molecule has 6 nitrogen and oxygen atoms in total. The second-order valence-corrected chi connectivity index (χ2v) is 7.37. The van der Waals surface area contributed by atoms with Crippen molar-refractivity contribution in [3.8, 4) is 0 Å². The Hall–Kier alpha value is -1.72. The molecule has 27 heavy (non-hydrogen) atoms. The highest BCUT2D eigenvalue weighted by molar-refractivity contribution is 5.89. The lowest BCUT2D eigenvalue weighted by Gasteiger charge is -2.24. The van der Waals surface area contributed by atoms with Gasteiger partial charge in [-0.05, 0) is 52.9 Å². The van der Waals surface area contributed by atoms with Crippen molar-refractivity contribution in [2.24, 2.45) is 23.7 Å². The Balaban J connectivity index is 2.63. The van der Waals surface area contributed by atoms with Gasteiger partial charge in [0, 0.05) is 18.3 Å². The van der Waals surface area contributed by atoms with Crippen molar-refractivity contribution < 1.29 is 28.7 Å². The van der Waals surface area contributed by atoms with E-state index in [0.29, 0.717) is 19.4 Å². The lowest BCUT2D eigenvalue weighted by atomic mass is 9.81. The summed E-state index contributed by atoms with van der Waals surface area (Å²) in [5.74, 6) is -1.86. The molecule has 0 aliphatic heterocycles. The van der Waals surface area contributed by atoms with Gasteiger partial charge in [-0.1, -0.05) is 19.3 Å². The molecule has 1 fully saturated rings. The Morgan fingerprint density at radius 2 is 1.41 bits per heavy atom. The second-order valence-electron chi connectivity index (χ2n) is 7.37. The lowest BCUT2D eigenvalue weighted by molar-refractivity contribution is -0.153. The van der Waals surface area contributed by atoms with Crippen LogP contribution in [0.25, 0.3) is 0 Å². The topological polar surface area (TPSA) is 86.7 Å². The van der Waals surface area contributed by atoms with E-state index < -0.39 is 11.8 Å². The van der Waals surface area contributed by atoms with Crippen LogP contribution in [-0.4, -0.2) is 36.7 Å². The van der Waals surface area contributed by atoms with Crippen LogP contribution in [0.15, 0.2) is 0 Å². The molecular formula is C21H34O6. The van der Waals surface area contributed by atoms with Gasteiger partial charge in [0.2, 0.25) is 0 Å². The van der Waals surface area contributed by atoms with E-state index in [2.05, 4.69) is 0 Å². The SMILES string of the molecule is CCOC(=O)CCCCCCC1C(C(C)=O)CC(C(C)=O)C1C(=O)OCC. The number of hydrogen-bond donors (Lipinski definition) is 0. The molecule has 1 rings (SSSR count). The Kier molecular flexibility index (Phi) is 10.3. The number of ether oxygens (including phenoxy) is 2. The van der Waals surface area contributed by atoms with E-state index in [1.54, 1.807) is 20.8 Å². The molecule has 0 bridgehead atoms. The summed E-state index contributed by atoms with van der Waals surface area (Å²) < 4.78 is 10.1. The highest BCUT2D eigenvalue weighted by atomic mass is 16.5. The minimum Gasteiger partial charge on any atom is -0.466 e. The van der Waals surface area contributed by atoms with E-state index in [0.717, 1.165) is 32.1 Å². The highest BCUT2D eigenvalue weighted by Gasteiger charge is 2.50. The molecule has 4 atom stereocenters. The quantitative estimate of drug-likeness (QED) is 0.379. The van der Waals surface area contributed by atoms with Crippen molar-refractivity contribution in [1.29, 1.82) is 0 Å². The van der Waals surface area contributed by atoms with Crippen molar-refractivity contribution in [1.82, 2.24) is 0 Å². The van der Waals surface area contributed by atoms with Crippen LogP contribution in [0.2, 0.25) is 0 Å². The van der Waals surface area contributed by atoms with Gasteiger partial charge in [-0.25, -0.2) is 0 Å². The first kappa shape index (κ1) is 23.3. The summed E-state index contributed by atoms with van der Waals surface area (Å²) in [6, 6.07) is 0. The fraction of sp³-hybridized carbons (Fsp3) is 0.810. The molecule has 1 saturated carbocycles. The number of carbonyl (C=O) groups excluding carboxylic acids is 4. The van der Waals surface area contributed by atoms with Crippen molar-refractivity contribution in [3.63, 3.8) is 0 Å². The third-order valence-electron chi connectivity index (χ3n) is 5.50. The van der Waals surface area contributed by atoms with E-state index in [1.165, 1.54) is 6.92 Å². The van der Waals surface area contributed by atoms with Crippen LogP contribution in [0.1, 0.15) is 72.6 Å². The van der Waals surface area contributed by atoms with Crippen molar-refractivity contribution in [3.05, 3.63) is 0 Å². The van der Waals surface area contributed by atoms with Gasteiger partial charge < -0.3 is 9.47 Å². The van der Waals surface area contributed by atoms with Crippen LogP contribution < -0.4 is 0 Å². The Morgan fingerprint density at radius 1 is 0.815 bits per heavy atom. The minimum absolute atomic E-state index is 0.0420. The van der Waals surface area contributed by atoms with Gasteiger partial charge in [-0.15, -0.1) is 0 Å². The van der Waals surface area contributed by atoms with Gasteiger partial charge in [0.15, 0.2) is 0 Å². The zero-order valence-electron chi connectivity index (χ0n) is 17.1. The fourth-order valence-electron chi connectivity index (χ4n) is 4.22. The number of Topliss-reactive ketones (excluding diaryl/α,β-unsaturated/α-hetero) is 2. The van der Waals surface area contributed by atoms with Crippen LogP contribution in [0.3, 0.4) is 0 Å². The number of rotatable bonds is 12. The van der Waals surface area contributed by atoms with Crippen LogP contribution in [-0.2, 0) is 28.7 Å². The maximum Gasteiger partial charge on any atom is 0.309 e. The predicted molar refractivity (Wildman–Crippen MR) is 101 cm³/mol. The van der Waals surface area contributed by atoms with Crippen LogP contribution >= 0.6 is 0 Å². The van der Waals surface area contributed by atoms with Gasteiger partial charge in [-0.3, -0.25) is 19.2 Å². The zero-order chi connectivity index (χ0) is 20.4. The molecule has 1 aliphatic rings. The Morgan fingerprint density at radius 3 is 1.96 bits per heavy atom. The number of carbonyl (C=O) groups is 4. The maximum atomic E-state index is 12.5. The molecule has 0 radical (unpaired) electrons. The molecule has 4 unspecified atom stereocenters. The second kappa shape index (κ2) is 11.9. The summed E-state index contributed by atoms with van der Waals surface area (Å²) in [6.45, 7) is 7.24. The van der Waals surface area contributed by atoms with Gasteiger partial charge >= 0.3 is 11.9 Å². The maximum absolute atomic E-state index is 12.5. The van der Waals surface area contributed by atoms with Crippen LogP contribution in [0.5, 0.6) is 0 Å². The van der Waals surface area contributed by atoms with Crippen LogP contribution in [0.4, 0.5) is 0 Å². The summed E-state index contributed by atoms with van der Waals surface area (Å²) >= 11 is 0. The average molecular weight is 382 g/mol. The third kappa shape index (κ3) is 7.07. The summed E-state index contributed by atoms with van der Waals surface area (Å²) in [7, 11) is 0. The monoisotopic (exact) mass is 382 g/mol. The highest BCUT2D eigenvalue weighted by Crippen LogP contribution is 2.46. The summed E-state index contributed by atoms with van der Waals surface area (Å²) in [5.41, 5.74) is 0. The van der Waals surface area contributed by atoms with E-state index in [-0.39, 0.29) is 41.9 Å². The average Bonchev–Trinajstić information content (AvgIpc) is 2.98. The molecule has 0 aromatic rings. The number of unbranched alkanes of at least 4 members (excludes halogenated alkanes) is 3. The first-order chi connectivity index (χ1) is 12.8. The van der Waals surface area contributed by atoms with E-state index in [9.17, 15) is 19.2 Å². The molecule has 0 aromatic carbocycles. The van der Waals surface area contributed by atoms with Crippen molar-refractivity contribution >= 4 is 23.5 Å². The molecule has 0 saturated heterocycles. The van der Waals surface area contributed by atoms with Gasteiger partial charge in [0.1, 0.15) is 11.6 Å². The van der Waals surface area contributed by atoms with Gasteiger partial charge in [0.25, 0.3) is 0 Å². The predicted octanol–water partition coefficient (Wildman–Crippen LogP) is 3.50. The molecule has 0 amide bonds. The summed E-state index contributed by atoms with van der Waals surface area (Å²) in [4.78, 5) is 48.0. The molecule has 0 aromatic heterocycles. The Labute approximate surface area is 162 Å². The van der Waals surface area contributed by atoms with E-state index in [4.69, 9.17) is 9.47 Å². The molecule has 154 valence electrons. The Bertz CT molecular complexity index is 527. The fourth-order valence-corrected chi connectivity index (χ4v) is 4.22. The van der Waals surface area contributed by atoms with Gasteiger partial charge in [0.05, 0.1) is 19.1 Å². The molecular weight excluding hydrogens is 348 g/mol. The zero-order valence-corrected chi connectivity index (χ0v) is 17.1. The molecule has 1 aliphatic carbocycles. The number of hydrogen-bond acceptors (Lipinski definition) is 6. The minimum atomic E-state index is -0.518. The molecule has 0 spiro atoms. The van der Waals surface area contributed by atoms with Gasteiger partial charge in [-0.2, -0.15) is 0 Å². The molecule has 6 heteroatoms. The first-order valence-corrected chi connectivity index (χ1v) is 10.2. The standard InChI is InChI=1S/C21H34O6/c1-5-26-19(24)12-10-8-7-9-11-16-17(14(3)22)13-18(15(4)23)20(16)21(25)27-6-2/h16-18,20H,5-13H2,1-4H3. The number of esters is 2. The molecule has 0 N–H and O–H groups in total. The first-order valence-electron chi connectivity index (χ1n) is 10.2. The van der Waals surface area contributed by atoms with E-state index in [1.807, 2.05) is 0 Å². The lowest BCUT2D eigenvalue weighted by Crippen LogP contribution is -2.31. The number of ketones is 2. The van der Waals surface area contributed by atoms with E-state index >= 15 is 0 Å². The smallest absolute Gasteiger partial charge is 0.309 e. The normalized spacial score (nSPS) is 24.4. The summed E-state index contributed by atoms with van der Waals surface area (Å²) in [5, 5.41) is 0. The summed E-state index contributed by atoms with van der Waals surface area (Å²) in [6.07, 6.45) is 5.04. The van der Waals surface area contributed by atoms with Crippen LogP contribution in [0, 0.1) is 23.7 Å². The third-order valence-corrected chi connectivity index (χ3v) is 5.50. The molecule has 0 heterocycles.